The average molecular weight is 602 g/mol. The van der Waals surface area contributed by atoms with E-state index >= 15 is 0 Å². The first-order valence-corrected chi connectivity index (χ1v) is 15.6. The number of ether oxygens (including phenoxy) is 2. The summed E-state index contributed by atoms with van der Waals surface area (Å²) in [5.41, 5.74) is 5.49. The van der Waals surface area contributed by atoms with Crippen LogP contribution in [0, 0.1) is 0 Å². The van der Waals surface area contributed by atoms with Crippen molar-refractivity contribution >= 4 is 34.5 Å². The maximum atomic E-state index is 13.4. The van der Waals surface area contributed by atoms with Gasteiger partial charge in [0.25, 0.3) is 5.56 Å². The summed E-state index contributed by atoms with van der Waals surface area (Å²) in [5, 5.41) is 9.42. The van der Waals surface area contributed by atoms with Crippen LogP contribution in [0.4, 0.5) is 0 Å². The lowest BCUT2D eigenvalue weighted by Crippen LogP contribution is -2.23. The number of nitrogens with zero attached hydrogens (tertiary/aromatic N) is 5. The molecule has 44 heavy (non-hydrogen) atoms. The van der Waals surface area contributed by atoms with E-state index in [-0.39, 0.29) is 11.7 Å². The van der Waals surface area contributed by atoms with Crippen molar-refractivity contribution in [3.05, 3.63) is 116 Å². The summed E-state index contributed by atoms with van der Waals surface area (Å²) < 4.78 is 15.4. The SMILES string of the molecule is CCCCOc1ccc(/C=C/c2nc3s/c(=C\c4cn(-c5ccccc5)nc4-c4ccc5c(c4)CC(C)O5)c(=O)n3n2)cc1. The van der Waals surface area contributed by atoms with Crippen molar-refractivity contribution in [1.82, 2.24) is 24.4 Å². The summed E-state index contributed by atoms with van der Waals surface area (Å²) in [5.74, 6) is 2.25. The normalized spacial score (nSPS) is 14.9. The first-order valence-electron chi connectivity index (χ1n) is 14.8. The molecule has 4 heterocycles. The van der Waals surface area contributed by atoms with Crippen molar-refractivity contribution in [2.75, 3.05) is 6.61 Å². The zero-order chi connectivity index (χ0) is 30.0. The number of thiazole rings is 1. The highest BCUT2D eigenvalue weighted by atomic mass is 32.1. The monoisotopic (exact) mass is 601 g/mol. The van der Waals surface area contributed by atoms with Crippen molar-refractivity contribution in [2.24, 2.45) is 0 Å². The summed E-state index contributed by atoms with van der Waals surface area (Å²) in [7, 11) is 0. The van der Waals surface area contributed by atoms with Gasteiger partial charge in [-0.2, -0.15) is 14.6 Å². The Balaban J connectivity index is 1.20. The van der Waals surface area contributed by atoms with E-state index in [4.69, 9.17) is 14.6 Å². The molecule has 0 saturated heterocycles. The largest absolute Gasteiger partial charge is 0.494 e. The van der Waals surface area contributed by atoms with E-state index in [9.17, 15) is 4.79 Å². The van der Waals surface area contributed by atoms with Crippen LogP contribution >= 0.6 is 11.3 Å². The van der Waals surface area contributed by atoms with Gasteiger partial charge in [0, 0.05) is 23.7 Å². The van der Waals surface area contributed by atoms with Crippen molar-refractivity contribution in [3.8, 4) is 28.4 Å². The zero-order valence-electron chi connectivity index (χ0n) is 24.5. The van der Waals surface area contributed by atoms with Gasteiger partial charge in [-0.05, 0) is 79.1 Å². The van der Waals surface area contributed by atoms with Crippen LogP contribution in [0.5, 0.6) is 11.5 Å². The van der Waals surface area contributed by atoms with Gasteiger partial charge >= 0.3 is 0 Å². The second-order valence-corrected chi connectivity index (χ2v) is 11.9. The van der Waals surface area contributed by atoms with Gasteiger partial charge < -0.3 is 9.47 Å². The molecule has 3 aromatic heterocycles. The van der Waals surface area contributed by atoms with E-state index in [0.29, 0.717) is 15.3 Å². The van der Waals surface area contributed by atoms with Crippen molar-refractivity contribution in [2.45, 2.75) is 39.2 Å². The molecular formula is C35H31N5O3S. The van der Waals surface area contributed by atoms with Crippen molar-refractivity contribution in [3.63, 3.8) is 0 Å². The smallest absolute Gasteiger partial charge is 0.291 e. The van der Waals surface area contributed by atoms with E-state index in [1.807, 2.05) is 95.8 Å². The van der Waals surface area contributed by atoms with Crippen LogP contribution in [0.25, 0.3) is 40.1 Å². The number of benzene rings is 3. The Morgan fingerprint density at radius 3 is 2.68 bits per heavy atom. The van der Waals surface area contributed by atoms with Crippen LogP contribution in [-0.2, 0) is 6.42 Å². The molecule has 7 rings (SSSR count). The molecule has 1 aliphatic heterocycles. The minimum atomic E-state index is -0.208. The van der Waals surface area contributed by atoms with E-state index in [0.717, 1.165) is 71.0 Å². The molecular weight excluding hydrogens is 570 g/mol. The molecule has 1 aliphatic rings. The summed E-state index contributed by atoms with van der Waals surface area (Å²) in [4.78, 5) is 18.6. The first-order chi connectivity index (χ1) is 21.5. The molecule has 220 valence electrons. The number of rotatable bonds is 9. The number of fused-ring (bicyclic) bond motifs is 2. The fourth-order valence-corrected chi connectivity index (χ4v) is 6.15. The minimum absolute atomic E-state index is 0.154. The fourth-order valence-electron chi connectivity index (χ4n) is 5.24. The molecule has 9 heteroatoms. The molecule has 0 amide bonds. The lowest BCUT2D eigenvalue weighted by Gasteiger charge is -2.04. The average Bonchev–Trinajstić information content (AvgIpc) is 3.80. The fraction of sp³-hybridized carbons (Fsp3) is 0.200. The second kappa shape index (κ2) is 11.9. The second-order valence-electron chi connectivity index (χ2n) is 10.9. The topological polar surface area (TPSA) is 83.5 Å². The highest BCUT2D eigenvalue weighted by molar-refractivity contribution is 7.15. The maximum Gasteiger partial charge on any atom is 0.291 e. The Kier molecular flexibility index (Phi) is 7.54. The van der Waals surface area contributed by atoms with Crippen molar-refractivity contribution in [1.29, 1.82) is 0 Å². The Morgan fingerprint density at radius 1 is 1.05 bits per heavy atom. The number of hydrogen-bond acceptors (Lipinski definition) is 7. The Morgan fingerprint density at radius 2 is 1.89 bits per heavy atom. The van der Waals surface area contributed by atoms with Gasteiger partial charge in [0.15, 0.2) is 5.82 Å². The summed E-state index contributed by atoms with van der Waals surface area (Å²) in [6.07, 6.45) is 10.7. The zero-order valence-corrected chi connectivity index (χ0v) is 25.3. The van der Waals surface area contributed by atoms with Gasteiger partial charge in [-0.15, -0.1) is 5.10 Å². The predicted molar refractivity (Wildman–Crippen MR) is 174 cm³/mol. The molecule has 0 spiro atoms. The predicted octanol–water partition coefficient (Wildman–Crippen LogP) is 6.22. The highest BCUT2D eigenvalue weighted by Gasteiger charge is 2.21. The molecule has 0 aliphatic carbocycles. The number of hydrogen-bond donors (Lipinski definition) is 0. The summed E-state index contributed by atoms with van der Waals surface area (Å²) in [6.45, 7) is 4.94. The van der Waals surface area contributed by atoms with Crippen molar-refractivity contribution < 1.29 is 9.47 Å². The third kappa shape index (κ3) is 5.66. The van der Waals surface area contributed by atoms with Crippen LogP contribution < -0.4 is 19.6 Å². The molecule has 0 fully saturated rings. The van der Waals surface area contributed by atoms with Gasteiger partial charge in [-0.25, -0.2) is 4.68 Å². The van der Waals surface area contributed by atoms with E-state index in [1.165, 1.54) is 15.9 Å². The molecule has 0 radical (unpaired) electrons. The Hall–Kier alpha value is -5.02. The van der Waals surface area contributed by atoms with Crippen LogP contribution in [0.2, 0.25) is 0 Å². The van der Waals surface area contributed by atoms with Gasteiger partial charge in [-0.3, -0.25) is 4.79 Å². The Bertz CT molecular complexity index is 2080. The first kappa shape index (κ1) is 27.8. The number of aromatic nitrogens is 5. The van der Waals surface area contributed by atoms with E-state index < -0.39 is 0 Å². The molecule has 0 bridgehead atoms. The minimum Gasteiger partial charge on any atom is -0.494 e. The quantitative estimate of drug-likeness (QED) is 0.183. The van der Waals surface area contributed by atoms with Gasteiger partial charge in [0.05, 0.1) is 16.8 Å². The third-order valence-corrected chi connectivity index (χ3v) is 8.45. The standard InChI is InChI=1S/C35H31N5O3S/c1-3-4-18-42-29-14-10-24(11-15-29)12-17-32-36-35-40(37-32)34(41)31(44-35)21-27-22-39(28-8-6-5-7-9-28)38-33(27)25-13-16-30-26(20-25)19-23(2)43-30/h5-17,20-23H,3-4,18-19H2,1-2H3/b17-12+,31-21-. The lowest BCUT2D eigenvalue weighted by molar-refractivity contribution is 0.254. The molecule has 0 N–H and O–H groups in total. The molecule has 3 aromatic carbocycles. The third-order valence-electron chi connectivity index (χ3n) is 7.49. The number of unbranched alkanes of at least 4 members (excludes halogenated alkanes) is 1. The summed E-state index contributed by atoms with van der Waals surface area (Å²) >= 11 is 1.32. The van der Waals surface area contributed by atoms with Crippen LogP contribution in [0.15, 0.2) is 83.8 Å². The van der Waals surface area contributed by atoms with Gasteiger partial charge in [0.1, 0.15) is 23.3 Å². The maximum absolute atomic E-state index is 13.4. The molecule has 6 aromatic rings. The molecule has 8 nitrogen and oxygen atoms in total. The number of para-hydroxylation sites is 1. The van der Waals surface area contributed by atoms with E-state index in [1.54, 1.807) is 0 Å². The van der Waals surface area contributed by atoms with Crippen LogP contribution in [0.1, 0.15) is 49.2 Å². The molecule has 1 unspecified atom stereocenters. The Labute approximate surface area is 258 Å². The van der Waals surface area contributed by atoms with Gasteiger partial charge in [0.2, 0.25) is 4.96 Å². The van der Waals surface area contributed by atoms with Gasteiger partial charge in [-0.1, -0.05) is 61.1 Å². The molecule has 1 atom stereocenters. The van der Waals surface area contributed by atoms with Crippen LogP contribution in [0.3, 0.4) is 0 Å². The lowest BCUT2D eigenvalue weighted by atomic mass is 10.0. The molecule has 0 saturated carbocycles. The van der Waals surface area contributed by atoms with E-state index in [2.05, 4.69) is 30.0 Å². The summed E-state index contributed by atoms with van der Waals surface area (Å²) in [6, 6.07) is 24.0. The van der Waals surface area contributed by atoms with Crippen LogP contribution in [-0.4, -0.2) is 37.1 Å². The highest BCUT2D eigenvalue weighted by Crippen LogP contribution is 2.34.